The second-order valence-corrected chi connectivity index (χ2v) is 7.88. The van der Waals surface area contributed by atoms with Crippen LogP contribution in [0.3, 0.4) is 0 Å². The van der Waals surface area contributed by atoms with Gasteiger partial charge in [-0.25, -0.2) is 4.98 Å². The molecule has 1 aromatic carbocycles. The zero-order chi connectivity index (χ0) is 18.8. The predicted molar refractivity (Wildman–Crippen MR) is 102 cm³/mol. The Kier molecular flexibility index (Phi) is 5.16. The molecular weight excluding hydrogens is 342 g/mol. The number of nitrogens with zero attached hydrogens (tertiary/aromatic N) is 2. The van der Waals surface area contributed by atoms with Crippen LogP contribution in [0.5, 0.6) is 5.75 Å². The highest BCUT2D eigenvalue weighted by Gasteiger charge is 2.25. The maximum absolute atomic E-state index is 12.7. The van der Waals surface area contributed by atoms with E-state index in [1.54, 1.807) is 0 Å². The molecule has 4 rings (SSSR count). The maximum Gasteiger partial charge on any atom is 0.271 e. The van der Waals surface area contributed by atoms with Gasteiger partial charge in [0.05, 0.1) is 18.7 Å². The SMILES string of the molecule is CC(C)COC1CCc2nc(C(=O)N[C@H]3COc4ccccc4C3)cn2C1. The van der Waals surface area contributed by atoms with Crippen LogP contribution in [0.15, 0.2) is 30.5 Å². The molecule has 1 aromatic heterocycles. The summed E-state index contributed by atoms with van der Waals surface area (Å²) in [6.45, 7) is 6.33. The molecule has 1 amide bonds. The molecule has 0 radical (unpaired) electrons. The second-order valence-electron chi connectivity index (χ2n) is 7.88. The van der Waals surface area contributed by atoms with Crippen LogP contribution in [0.25, 0.3) is 0 Å². The van der Waals surface area contributed by atoms with Crippen molar-refractivity contribution >= 4 is 5.91 Å². The number of rotatable bonds is 5. The smallest absolute Gasteiger partial charge is 0.271 e. The molecule has 1 unspecified atom stereocenters. The van der Waals surface area contributed by atoms with E-state index in [0.717, 1.165) is 49.6 Å². The molecule has 144 valence electrons. The largest absolute Gasteiger partial charge is 0.491 e. The molecule has 2 aliphatic heterocycles. The molecule has 0 fully saturated rings. The van der Waals surface area contributed by atoms with Crippen LogP contribution < -0.4 is 10.1 Å². The summed E-state index contributed by atoms with van der Waals surface area (Å²) in [4.78, 5) is 17.2. The van der Waals surface area contributed by atoms with E-state index in [0.29, 0.717) is 18.2 Å². The fourth-order valence-electron chi connectivity index (χ4n) is 3.67. The fourth-order valence-corrected chi connectivity index (χ4v) is 3.67. The van der Waals surface area contributed by atoms with Crippen LogP contribution >= 0.6 is 0 Å². The van der Waals surface area contributed by atoms with Gasteiger partial charge < -0.3 is 19.4 Å². The van der Waals surface area contributed by atoms with Gasteiger partial charge >= 0.3 is 0 Å². The molecule has 0 spiro atoms. The summed E-state index contributed by atoms with van der Waals surface area (Å²) in [5, 5.41) is 3.07. The lowest BCUT2D eigenvalue weighted by Crippen LogP contribution is -2.42. The first-order chi connectivity index (χ1) is 13.1. The van der Waals surface area contributed by atoms with Gasteiger partial charge in [-0.15, -0.1) is 0 Å². The fraction of sp³-hybridized carbons (Fsp3) is 0.524. The number of carbonyl (C=O) groups excluding carboxylic acids is 1. The Balaban J connectivity index is 1.37. The van der Waals surface area contributed by atoms with Crippen molar-refractivity contribution in [2.75, 3.05) is 13.2 Å². The summed E-state index contributed by atoms with van der Waals surface area (Å²) >= 11 is 0. The number of aryl methyl sites for hydroxylation is 1. The van der Waals surface area contributed by atoms with Gasteiger partial charge in [0, 0.05) is 19.2 Å². The van der Waals surface area contributed by atoms with E-state index in [9.17, 15) is 4.79 Å². The first-order valence-electron chi connectivity index (χ1n) is 9.77. The molecule has 0 aliphatic carbocycles. The highest BCUT2D eigenvalue weighted by Crippen LogP contribution is 2.24. The van der Waals surface area contributed by atoms with Gasteiger partial charge in [-0.1, -0.05) is 32.0 Å². The minimum absolute atomic E-state index is 0.0340. The summed E-state index contributed by atoms with van der Waals surface area (Å²) in [5.41, 5.74) is 1.61. The second kappa shape index (κ2) is 7.72. The Labute approximate surface area is 159 Å². The number of fused-ring (bicyclic) bond motifs is 2. The molecule has 27 heavy (non-hydrogen) atoms. The number of para-hydroxylation sites is 1. The van der Waals surface area contributed by atoms with Crippen molar-refractivity contribution in [3.8, 4) is 5.75 Å². The monoisotopic (exact) mass is 369 g/mol. The predicted octanol–water partition coefficient (Wildman–Crippen LogP) is 2.60. The zero-order valence-electron chi connectivity index (χ0n) is 16.0. The zero-order valence-corrected chi connectivity index (χ0v) is 16.0. The molecular formula is C21H27N3O3. The maximum atomic E-state index is 12.7. The minimum Gasteiger partial charge on any atom is -0.491 e. The molecule has 0 saturated heterocycles. The standard InChI is InChI=1S/C21H27N3O3/c1-14(2)12-26-17-7-8-20-23-18(11-24(20)10-17)21(25)22-16-9-15-5-3-4-6-19(15)27-13-16/h3-6,11,14,16-17H,7-10,12-13H2,1-2H3,(H,22,25)/t16-,17?/m1/s1. The summed E-state index contributed by atoms with van der Waals surface area (Å²) in [6, 6.07) is 7.93. The summed E-state index contributed by atoms with van der Waals surface area (Å²) in [5.74, 6) is 2.27. The topological polar surface area (TPSA) is 65.4 Å². The minimum atomic E-state index is -0.135. The van der Waals surface area contributed by atoms with Gasteiger partial charge in [-0.2, -0.15) is 0 Å². The number of benzene rings is 1. The van der Waals surface area contributed by atoms with Crippen LogP contribution in [-0.4, -0.2) is 40.8 Å². The first kappa shape index (κ1) is 18.0. The molecule has 0 bridgehead atoms. The van der Waals surface area contributed by atoms with Crippen LogP contribution in [0.4, 0.5) is 0 Å². The van der Waals surface area contributed by atoms with Crippen LogP contribution in [0.1, 0.15) is 42.1 Å². The Morgan fingerprint density at radius 3 is 3.11 bits per heavy atom. The average Bonchev–Trinajstić information content (AvgIpc) is 3.10. The molecule has 6 heteroatoms. The Morgan fingerprint density at radius 2 is 2.26 bits per heavy atom. The van der Waals surface area contributed by atoms with Crippen LogP contribution in [0, 0.1) is 5.92 Å². The number of nitrogens with one attached hydrogen (secondary N) is 1. The van der Waals surface area contributed by atoms with E-state index in [4.69, 9.17) is 9.47 Å². The van der Waals surface area contributed by atoms with E-state index in [2.05, 4.69) is 28.7 Å². The van der Waals surface area contributed by atoms with Crippen molar-refractivity contribution in [2.24, 2.45) is 5.92 Å². The van der Waals surface area contributed by atoms with Crippen molar-refractivity contribution in [2.45, 2.75) is 51.8 Å². The number of hydrogen-bond acceptors (Lipinski definition) is 4. The number of aromatic nitrogens is 2. The van der Waals surface area contributed by atoms with Gasteiger partial charge in [-0.05, 0) is 30.4 Å². The Morgan fingerprint density at radius 1 is 1.41 bits per heavy atom. The lowest BCUT2D eigenvalue weighted by molar-refractivity contribution is 0.0132. The molecule has 2 aromatic rings. The highest BCUT2D eigenvalue weighted by atomic mass is 16.5. The van der Waals surface area contributed by atoms with Gasteiger partial charge in [0.25, 0.3) is 5.91 Å². The third-order valence-electron chi connectivity index (χ3n) is 5.06. The van der Waals surface area contributed by atoms with E-state index in [1.807, 2.05) is 30.5 Å². The van der Waals surface area contributed by atoms with E-state index >= 15 is 0 Å². The lowest BCUT2D eigenvalue weighted by Gasteiger charge is -2.25. The van der Waals surface area contributed by atoms with Gasteiger partial charge in [0.2, 0.25) is 0 Å². The van der Waals surface area contributed by atoms with Crippen molar-refractivity contribution in [1.29, 1.82) is 0 Å². The van der Waals surface area contributed by atoms with Crippen LogP contribution in [0.2, 0.25) is 0 Å². The number of carbonyl (C=O) groups is 1. The van der Waals surface area contributed by atoms with Gasteiger partial charge in [0.1, 0.15) is 23.9 Å². The van der Waals surface area contributed by atoms with Gasteiger partial charge in [-0.3, -0.25) is 4.79 Å². The molecule has 2 atom stereocenters. The Bertz CT molecular complexity index is 815. The highest BCUT2D eigenvalue weighted by molar-refractivity contribution is 5.92. The molecule has 6 nitrogen and oxygen atoms in total. The molecule has 0 saturated carbocycles. The van der Waals surface area contributed by atoms with Crippen molar-refractivity contribution < 1.29 is 14.3 Å². The quantitative estimate of drug-likeness (QED) is 0.880. The van der Waals surface area contributed by atoms with Crippen molar-refractivity contribution in [1.82, 2.24) is 14.9 Å². The third-order valence-corrected chi connectivity index (χ3v) is 5.06. The van der Waals surface area contributed by atoms with E-state index in [-0.39, 0.29) is 18.1 Å². The van der Waals surface area contributed by atoms with Crippen molar-refractivity contribution in [3.63, 3.8) is 0 Å². The summed E-state index contributed by atoms with van der Waals surface area (Å²) in [7, 11) is 0. The number of imidazole rings is 1. The molecule has 2 aliphatic rings. The van der Waals surface area contributed by atoms with E-state index in [1.165, 1.54) is 0 Å². The molecule has 1 N–H and O–H groups in total. The van der Waals surface area contributed by atoms with Gasteiger partial charge in [0.15, 0.2) is 0 Å². The average molecular weight is 369 g/mol. The summed E-state index contributed by atoms with van der Waals surface area (Å²) in [6.07, 6.45) is 4.63. The molecule has 3 heterocycles. The first-order valence-corrected chi connectivity index (χ1v) is 9.77. The lowest BCUT2D eigenvalue weighted by atomic mass is 10.0. The third kappa shape index (κ3) is 4.16. The van der Waals surface area contributed by atoms with Crippen molar-refractivity contribution in [3.05, 3.63) is 47.5 Å². The normalized spacial score (nSPS) is 21.3. The van der Waals surface area contributed by atoms with E-state index < -0.39 is 0 Å². The van der Waals surface area contributed by atoms with Crippen LogP contribution in [-0.2, 0) is 24.1 Å². The number of ether oxygens (including phenoxy) is 2. The number of amides is 1. The summed E-state index contributed by atoms with van der Waals surface area (Å²) < 4.78 is 13.8. The Hall–Kier alpha value is -2.34. The number of hydrogen-bond donors (Lipinski definition) is 1.